The minimum atomic E-state index is 1.00. The van der Waals surface area contributed by atoms with Gasteiger partial charge >= 0.3 is 0 Å². The van der Waals surface area contributed by atoms with Crippen molar-refractivity contribution in [2.75, 3.05) is 0 Å². The van der Waals surface area contributed by atoms with Crippen molar-refractivity contribution in [3.63, 3.8) is 0 Å². The number of benzene rings is 1. The van der Waals surface area contributed by atoms with Crippen LogP contribution < -0.4 is 0 Å². The molecule has 0 aliphatic rings. The van der Waals surface area contributed by atoms with E-state index in [1.54, 1.807) is 0 Å². The van der Waals surface area contributed by atoms with Gasteiger partial charge in [0.1, 0.15) is 0 Å². The van der Waals surface area contributed by atoms with Crippen LogP contribution in [0.4, 0.5) is 0 Å². The minimum absolute atomic E-state index is 1.00. The molecule has 1 aromatic heterocycles. The molecule has 0 aliphatic carbocycles. The Kier molecular flexibility index (Phi) is 2.41. The molecule has 0 saturated carbocycles. The Labute approximate surface area is 93.0 Å². The van der Waals surface area contributed by atoms with Crippen LogP contribution in [0.1, 0.15) is 0 Å². The number of halogens is 2. The number of aromatic nitrogens is 1. The van der Waals surface area contributed by atoms with Crippen molar-refractivity contribution in [2.45, 2.75) is 4.55 Å². The third-order valence-electron chi connectivity index (χ3n) is 1.86. The molecule has 12 heavy (non-hydrogen) atoms. The molecule has 3 heteroatoms. The molecule has 1 aromatic carbocycles. The molecular formula is C9H7BrIN. The van der Waals surface area contributed by atoms with Crippen LogP contribution in [0, 0.1) is 0 Å². The van der Waals surface area contributed by atoms with Crippen molar-refractivity contribution in [1.29, 1.82) is 0 Å². The number of rotatable bonds is 1. The van der Waals surface area contributed by atoms with Crippen molar-refractivity contribution in [1.82, 2.24) is 4.57 Å². The van der Waals surface area contributed by atoms with Crippen LogP contribution in [0.2, 0.25) is 0 Å². The molecular weight excluding hydrogens is 329 g/mol. The Morgan fingerprint density at radius 1 is 1.33 bits per heavy atom. The Bertz CT molecular complexity index is 408. The summed E-state index contributed by atoms with van der Waals surface area (Å²) < 4.78 is 4.37. The second kappa shape index (κ2) is 3.38. The molecule has 0 amide bonds. The van der Waals surface area contributed by atoms with Crippen molar-refractivity contribution in [3.05, 3.63) is 34.9 Å². The quantitative estimate of drug-likeness (QED) is 0.552. The summed E-state index contributed by atoms with van der Waals surface area (Å²) in [5.41, 5.74) is 1.30. The lowest BCUT2D eigenvalue weighted by atomic mass is 10.2. The van der Waals surface area contributed by atoms with Crippen LogP contribution in [0.25, 0.3) is 10.9 Å². The second-order valence-electron chi connectivity index (χ2n) is 2.61. The first-order chi connectivity index (χ1) is 5.81. The lowest BCUT2D eigenvalue weighted by Gasteiger charge is -1.98. The maximum atomic E-state index is 3.45. The normalized spacial score (nSPS) is 10.8. The molecule has 0 aliphatic heterocycles. The van der Waals surface area contributed by atoms with E-state index in [1.807, 2.05) is 0 Å². The summed E-state index contributed by atoms with van der Waals surface area (Å²) in [6.07, 6.45) is 2.11. The fourth-order valence-corrected chi connectivity index (χ4v) is 2.25. The van der Waals surface area contributed by atoms with Gasteiger partial charge in [-0.2, -0.15) is 0 Å². The van der Waals surface area contributed by atoms with Crippen molar-refractivity contribution in [2.24, 2.45) is 0 Å². The van der Waals surface area contributed by atoms with E-state index in [0.717, 1.165) is 9.02 Å². The van der Waals surface area contributed by atoms with E-state index >= 15 is 0 Å². The monoisotopic (exact) mass is 335 g/mol. The summed E-state index contributed by atoms with van der Waals surface area (Å²) in [5, 5.41) is 1.29. The highest BCUT2D eigenvalue weighted by molar-refractivity contribution is 14.1. The van der Waals surface area contributed by atoms with Crippen LogP contribution in [-0.2, 0) is 4.55 Å². The van der Waals surface area contributed by atoms with E-state index in [9.17, 15) is 0 Å². The molecule has 0 radical (unpaired) electrons. The van der Waals surface area contributed by atoms with Crippen LogP contribution in [0.15, 0.2) is 34.9 Å². The second-order valence-corrected chi connectivity index (χ2v) is 4.21. The zero-order chi connectivity index (χ0) is 8.55. The average molecular weight is 336 g/mol. The predicted molar refractivity (Wildman–Crippen MR) is 63.7 cm³/mol. The van der Waals surface area contributed by atoms with Gasteiger partial charge in [-0.3, -0.25) is 0 Å². The van der Waals surface area contributed by atoms with Crippen LogP contribution in [-0.4, -0.2) is 4.57 Å². The third-order valence-corrected chi connectivity index (χ3v) is 3.09. The van der Waals surface area contributed by atoms with Crippen molar-refractivity contribution in [3.8, 4) is 0 Å². The fraction of sp³-hybridized carbons (Fsp3) is 0.111. The van der Waals surface area contributed by atoms with Crippen LogP contribution in [0.3, 0.4) is 0 Å². The smallest absolute Gasteiger partial charge is 0.0742 e. The summed E-state index contributed by atoms with van der Waals surface area (Å²) in [5.74, 6) is 0. The minimum Gasteiger partial charge on any atom is -0.338 e. The predicted octanol–water partition coefficient (Wildman–Crippen LogP) is 3.80. The number of hydrogen-bond donors (Lipinski definition) is 0. The van der Waals surface area contributed by atoms with Crippen LogP contribution in [0.5, 0.6) is 0 Å². The number of nitrogens with zero attached hydrogens (tertiary/aromatic N) is 1. The van der Waals surface area contributed by atoms with Gasteiger partial charge in [-0.15, -0.1) is 0 Å². The zero-order valence-corrected chi connectivity index (χ0v) is 10.0. The first-order valence-electron chi connectivity index (χ1n) is 3.61. The van der Waals surface area contributed by atoms with E-state index in [0.29, 0.717) is 0 Å². The summed E-state index contributed by atoms with van der Waals surface area (Å²) >= 11 is 5.81. The summed E-state index contributed by atoms with van der Waals surface area (Å²) in [4.78, 5) is 0. The Morgan fingerprint density at radius 2 is 2.17 bits per heavy atom. The Balaban J connectivity index is 2.73. The van der Waals surface area contributed by atoms with Crippen LogP contribution >= 0.6 is 38.5 Å². The van der Waals surface area contributed by atoms with Crippen molar-refractivity contribution >= 4 is 49.4 Å². The summed E-state index contributed by atoms with van der Waals surface area (Å²) in [7, 11) is 0. The van der Waals surface area contributed by atoms with Gasteiger partial charge < -0.3 is 4.57 Å². The highest BCUT2D eigenvalue weighted by Crippen LogP contribution is 2.21. The molecule has 1 nitrogen and oxygen atoms in total. The Hall–Kier alpha value is -0.0300. The fourth-order valence-electron chi connectivity index (χ4n) is 1.28. The topological polar surface area (TPSA) is 4.93 Å². The van der Waals surface area contributed by atoms with Crippen molar-refractivity contribution < 1.29 is 0 Å². The van der Waals surface area contributed by atoms with Gasteiger partial charge in [-0.25, -0.2) is 0 Å². The summed E-state index contributed by atoms with van der Waals surface area (Å²) in [6.45, 7) is 0. The van der Waals surface area contributed by atoms with Gasteiger partial charge in [0.2, 0.25) is 0 Å². The van der Waals surface area contributed by atoms with Gasteiger partial charge in [0.25, 0.3) is 0 Å². The molecule has 0 unspecified atom stereocenters. The molecule has 62 valence electrons. The largest absolute Gasteiger partial charge is 0.338 e. The highest BCUT2D eigenvalue weighted by Gasteiger charge is 1.98. The lowest BCUT2D eigenvalue weighted by Crippen LogP contribution is -1.86. The average Bonchev–Trinajstić information content (AvgIpc) is 2.46. The molecule has 1 heterocycles. The number of fused-ring (bicyclic) bond motifs is 1. The van der Waals surface area contributed by atoms with Gasteiger partial charge in [-0.05, 0) is 24.3 Å². The van der Waals surface area contributed by atoms with E-state index in [-0.39, 0.29) is 0 Å². The van der Waals surface area contributed by atoms with Gasteiger partial charge in [0, 0.05) is 21.6 Å². The zero-order valence-electron chi connectivity index (χ0n) is 6.30. The SMILES string of the molecule is Brc1ccc2c(ccn2CI)c1. The first kappa shape index (κ1) is 8.56. The maximum Gasteiger partial charge on any atom is 0.0742 e. The maximum absolute atomic E-state index is 3.45. The third kappa shape index (κ3) is 1.40. The molecule has 0 bridgehead atoms. The molecule has 0 fully saturated rings. The van der Waals surface area contributed by atoms with E-state index in [4.69, 9.17) is 0 Å². The van der Waals surface area contributed by atoms with E-state index < -0.39 is 0 Å². The van der Waals surface area contributed by atoms with Gasteiger partial charge in [-0.1, -0.05) is 38.5 Å². The molecule has 2 rings (SSSR count). The number of alkyl halides is 1. The molecule has 0 N–H and O–H groups in total. The van der Waals surface area contributed by atoms with E-state index in [2.05, 4.69) is 73.6 Å². The molecule has 0 spiro atoms. The molecule has 0 saturated heterocycles. The van der Waals surface area contributed by atoms with Gasteiger partial charge in [0.05, 0.1) is 4.55 Å². The van der Waals surface area contributed by atoms with E-state index in [1.165, 1.54) is 10.9 Å². The standard InChI is InChI=1S/C9H7BrIN/c10-8-1-2-9-7(5-8)3-4-12(9)6-11/h1-5H,6H2. The molecule has 2 aromatic rings. The lowest BCUT2D eigenvalue weighted by molar-refractivity contribution is 0.969. The number of hydrogen-bond acceptors (Lipinski definition) is 0. The Morgan fingerprint density at radius 3 is 2.92 bits per heavy atom. The first-order valence-corrected chi connectivity index (χ1v) is 5.93. The summed E-state index contributed by atoms with van der Waals surface area (Å²) in [6, 6.07) is 8.49. The highest BCUT2D eigenvalue weighted by atomic mass is 127. The van der Waals surface area contributed by atoms with Gasteiger partial charge in [0.15, 0.2) is 0 Å². The molecule has 0 atom stereocenters.